The number of hydrogen-bond donors (Lipinski definition) is 1. The highest BCUT2D eigenvalue weighted by Gasteiger charge is 2.27. The van der Waals surface area contributed by atoms with Crippen molar-refractivity contribution in [2.45, 2.75) is 45.8 Å². The Morgan fingerprint density at radius 3 is 2.28 bits per heavy atom. The van der Waals surface area contributed by atoms with E-state index >= 15 is 0 Å². The third kappa shape index (κ3) is 6.65. The van der Waals surface area contributed by atoms with Crippen molar-refractivity contribution in [1.29, 1.82) is 0 Å². The van der Waals surface area contributed by atoms with Crippen molar-refractivity contribution in [2.75, 3.05) is 7.11 Å². The van der Waals surface area contributed by atoms with Crippen LogP contribution in [0.4, 0.5) is 0 Å². The van der Waals surface area contributed by atoms with E-state index in [4.69, 9.17) is 27.9 Å². The van der Waals surface area contributed by atoms with E-state index in [2.05, 4.69) is 5.32 Å². The van der Waals surface area contributed by atoms with E-state index in [0.717, 1.165) is 16.9 Å². The second kappa shape index (κ2) is 10.5. The summed E-state index contributed by atoms with van der Waals surface area (Å²) in [6, 6.07) is 11.7. The Labute approximate surface area is 181 Å². The van der Waals surface area contributed by atoms with Gasteiger partial charge in [-0.3, -0.25) is 9.59 Å². The van der Waals surface area contributed by atoms with Gasteiger partial charge in [-0.05, 0) is 56.2 Å². The van der Waals surface area contributed by atoms with Crippen LogP contribution in [0.1, 0.15) is 31.9 Å². The summed E-state index contributed by atoms with van der Waals surface area (Å²) in [5.74, 6) is 0.330. The van der Waals surface area contributed by atoms with Gasteiger partial charge in [0.15, 0.2) is 0 Å². The molecule has 2 aromatic rings. The SMILES string of the molecule is COc1ccc(CC(=O)N(Cc2ccc(Cl)cc2Cl)C(C)C(=O)NC(C)C)cc1. The van der Waals surface area contributed by atoms with Crippen LogP contribution in [0.5, 0.6) is 5.75 Å². The molecule has 2 amide bonds. The van der Waals surface area contributed by atoms with Gasteiger partial charge in [0.1, 0.15) is 11.8 Å². The molecule has 0 aliphatic carbocycles. The number of hydrogen-bond acceptors (Lipinski definition) is 3. The maximum Gasteiger partial charge on any atom is 0.242 e. The molecule has 1 unspecified atom stereocenters. The number of amides is 2. The first-order chi connectivity index (χ1) is 13.7. The van der Waals surface area contributed by atoms with Gasteiger partial charge in [0, 0.05) is 22.6 Å². The highest BCUT2D eigenvalue weighted by Crippen LogP contribution is 2.24. The molecule has 0 saturated carbocycles. The summed E-state index contributed by atoms with van der Waals surface area (Å²) in [6.07, 6.45) is 0.161. The van der Waals surface area contributed by atoms with E-state index < -0.39 is 6.04 Å². The van der Waals surface area contributed by atoms with Crippen molar-refractivity contribution in [3.63, 3.8) is 0 Å². The molecule has 156 valence electrons. The molecule has 2 rings (SSSR count). The molecule has 7 heteroatoms. The van der Waals surface area contributed by atoms with E-state index in [0.29, 0.717) is 10.0 Å². The number of halogens is 2. The molecule has 0 spiro atoms. The van der Waals surface area contributed by atoms with Gasteiger partial charge in [0.05, 0.1) is 13.5 Å². The van der Waals surface area contributed by atoms with Crippen molar-refractivity contribution in [3.8, 4) is 5.75 Å². The van der Waals surface area contributed by atoms with E-state index in [1.54, 1.807) is 44.4 Å². The summed E-state index contributed by atoms with van der Waals surface area (Å²) in [7, 11) is 1.59. The zero-order valence-electron chi connectivity index (χ0n) is 17.0. The smallest absolute Gasteiger partial charge is 0.242 e. The predicted octanol–water partition coefficient (Wildman–Crippen LogP) is 4.49. The molecule has 0 aliphatic rings. The first-order valence-corrected chi connectivity index (χ1v) is 10.1. The fraction of sp³-hybridized carbons (Fsp3) is 0.364. The van der Waals surface area contributed by atoms with Gasteiger partial charge < -0.3 is 15.0 Å². The number of ether oxygens (including phenoxy) is 1. The van der Waals surface area contributed by atoms with E-state index in [-0.39, 0.29) is 30.8 Å². The number of carbonyl (C=O) groups is 2. The molecule has 0 fully saturated rings. The van der Waals surface area contributed by atoms with Gasteiger partial charge in [0.25, 0.3) is 0 Å². The molecule has 29 heavy (non-hydrogen) atoms. The van der Waals surface area contributed by atoms with Gasteiger partial charge >= 0.3 is 0 Å². The minimum absolute atomic E-state index is 0.0254. The van der Waals surface area contributed by atoms with Crippen LogP contribution in [0.2, 0.25) is 10.0 Å². The summed E-state index contributed by atoms with van der Waals surface area (Å²) in [4.78, 5) is 27.3. The van der Waals surface area contributed by atoms with E-state index in [1.165, 1.54) is 4.90 Å². The molecule has 0 radical (unpaired) electrons. The minimum atomic E-state index is -0.658. The van der Waals surface area contributed by atoms with Crippen molar-refractivity contribution in [3.05, 3.63) is 63.6 Å². The first kappa shape index (κ1) is 23.0. The molecule has 1 N–H and O–H groups in total. The Bertz CT molecular complexity index is 854. The molecule has 5 nitrogen and oxygen atoms in total. The van der Waals surface area contributed by atoms with Crippen molar-refractivity contribution in [1.82, 2.24) is 10.2 Å². The van der Waals surface area contributed by atoms with Crippen LogP contribution in [0, 0.1) is 0 Å². The standard InChI is InChI=1S/C22H26Cl2N2O3/c1-14(2)25-22(28)15(3)26(13-17-7-8-18(23)12-20(17)24)21(27)11-16-5-9-19(29-4)10-6-16/h5-10,12,14-15H,11,13H2,1-4H3,(H,25,28). The Morgan fingerprint density at radius 1 is 1.07 bits per heavy atom. The van der Waals surface area contributed by atoms with Crippen LogP contribution in [0.15, 0.2) is 42.5 Å². The average molecular weight is 437 g/mol. The van der Waals surface area contributed by atoms with Crippen LogP contribution in [-0.2, 0) is 22.6 Å². The topological polar surface area (TPSA) is 58.6 Å². The Balaban J connectivity index is 2.26. The third-order valence-corrected chi connectivity index (χ3v) is 5.06. The summed E-state index contributed by atoms with van der Waals surface area (Å²) in [6.45, 7) is 5.68. The van der Waals surface area contributed by atoms with E-state index in [1.807, 2.05) is 26.0 Å². The van der Waals surface area contributed by atoms with Gasteiger partial charge in [-0.1, -0.05) is 41.4 Å². The largest absolute Gasteiger partial charge is 0.497 e. The second-order valence-electron chi connectivity index (χ2n) is 7.12. The summed E-state index contributed by atoms with van der Waals surface area (Å²) in [5, 5.41) is 3.83. The number of methoxy groups -OCH3 is 1. The van der Waals surface area contributed by atoms with Gasteiger partial charge in [-0.15, -0.1) is 0 Å². The molecular formula is C22H26Cl2N2O3. The van der Waals surface area contributed by atoms with Crippen LogP contribution < -0.4 is 10.1 Å². The van der Waals surface area contributed by atoms with Crippen molar-refractivity contribution < 1.29 is 14.3 Å². The first-order valence-electron chi connectivity index (χ1n) is 9.38. The lowest BCUT2D eigenvalue weighted by molar-refractivity contribution is -0.140. The normalized spacial score (nSPS) is 11.8. The molecule has 0 heterocycles. The average Bonchev–Trinajstić information content (AvgIpc) is 2.67. The lowest BCUT2D eigenvalue weighted by atomic mass is 10.1. The summed E-state index contributed by atoms with van der Waals surface area (Å²) >= 11 is 12.3. The highest BCUT2D eigenvalue weighted by molar-refractivity contribution is 6.35. The minimum Gasteiger partial charge on any atom is -0.497 e. The van der Waals surface area contributed by atoms with Crippen molar-refractivity contribution in [2.24, 2.45) is 0 Å². The van der Waals surface area contributed by atoms with E-state index in [9.17, 15) is 9.59 Å². The fourth-order valence-electron chi connectivity index (χ4n) is 2.84. The zero-order valence-corrected chi connectivity index (χ0v) is 18.6. The molecular weight excluding hydrogens is 411 g/mol. The van der Waals surface area contributed by atoms with Crippen LogP contribution >= 0.6 is 23.2 Å². The number of carbonyl (C=O) groups excluding carboxylic acids is 2. The lowest BCUT2D eigenvalue weighted by Crippen LogP contribution is -2.49. The van der Waals surface area contributed by atoms with Crippen LogP contribution in [-0.4, -0.2) is 35.9 Å². The molecule has 0 bridgehead atoms. The maximum absolute atomic E-state index is 13.1. The molecule has 0 aliphatic heterocycles. The highest BCUT2D eigenvalue weighted by atomic mass is 35.5. The van der Waals surface area contributed by atoms with Crippen molar-refractivity contribution >= 4 is 35.0 Å². The van der Waals surface area contributed by atoms with Gasteiger partial charge in [0.2, 0.25) is 11.8 Å². The Hall–Kier alpha value is -2.24. The maximum atomic E-state index is 13.1. The number of nitrogens with zero attached hydrogens (tertiary/aromatic N) is 1. The quantitative estimate of drug-likeness (QED) is 0.662. The molecule has 0 aromatic heterocycles. The summed E-state index contributed by atoms with van der Waals surface area (Å²) in [5.41, 5.74) is 1.56. The lowest BCUT2D eigenvalue weighted by Gasteiger charge is -2.30. The molecule has 0 saturated heterocycles. The van der Waals surface area contributed by atoms with Crippen LogP contribution in [0.25, 0.3) is 0 Å². The Kier molecular flexibility index (Phi) is 8.35. The number of nitrogens with one attached hydrogen (secondary N) is 1. The Morgan fingerprint density at radius 2 is 1.72 bits per heavy atom. The predicted molar refractivity (Wildman–Crippen MR) is 116 cm³/mol. The fourth-order valence-corrected chi connectivity index (χ4v) is 3.31. The number of benzene rings is 2. The van der Waals surface area contributed by atoms with Crippen LogP contribution in [0.3, 0.4) is 0 Å². The summed E-state index contributed by atoms with van der Waals surface area (Å²) < 4.78 is 5.16. The third-order valence-electron chi connectivity index (χ3n) is 4.47. The molecule has 2 aromatic carbocycles. The molecule has 1 atom stereocenters. The second-order valence-corrected chi connectivity index (χ2v) is 7.97. The monoisotopic (exact) mass is 436 g/mol. The van der Waals surface area contributed by atoms with Gasteiger partial charge in [-0.2, -0.15) is 0 Å². The zero-order chi connectivity index (χ0) is 21.6. The van der Waals surface area contributed by atoms with Gasteiger partial charge in [-0.25, -0.2) is 0 Å². The number of rotatable bonds is 8.